The van der Waals surface area contributed by atoms with Crippen molar-refractivity contribution in [3.63, 3.8) is 0 Å². The molecule has 2 bridgehead atoms. The zero-order valence-corrected chi connectivity index (χ0v) is 25.7. The van der Waals surface area contributed by atoms with Crippen LogP contribution in [-0.2, 0) is 33.2 Å². The lowest BCUT2D eigenvalue weighted by atomic mass is 9.71. The van der Waals surface area contributed by atoms with Crippen LogP contribution in [0.3, 0.4) is 0 Å². The summed E-state index contributed by atoms with van der Waals surface area (Å²) < 4.78 is 83.1. The predicted molar refractivity (Wildman–Crippen MR) is 148 cm³/mol. The molecule has 0 aromatic heterocycles. The third-order valence-electron chi connectivity index (χ3n) is 8.58. The molecule has 1 saturated heterocycles. The van der Waals surface area contributed by atoms with Gasteiger partial charge in [-0.15, -0.1) is 0 Å². The van der Waals surface area contributed by atoms with E-state index in [0.29, 0.717) is 31.4 Å². The van der Waals surface area contributed by atoms with Gasteiger partial charge in [0.2, 0.25) is 11.8 Å². The summed E-state index contributed by atoms with van der Waals surface area (Å²) in [6.45, 7) is 7.85. The maximum Gasteiger partial charge on any atom is 0.417 e. The number of rotatable bonds is 5. The van der Waals surface area contributed by atoms with Crippen molar-refractivity contribution in [2.75, 3.05) is 7.05 Å². The molecule has 4 atom stereocenters. The van der Waals surface area contributed by atoms with Crippen LogP contribution in [0.2, 0.25) is 0 Å². The molecule has 3 fully saturated rings. The Morgan fingerprint density at radius 3 is 1.95 bits per heavy atom. The monoisotopic (exact) mass is 637 g/mol. The molecule has 44 heavy (non-hydrogen) atoms. The topological polar surface area (TPSA) is 108 Å². The Balaban J connectivity index is 0.000000293. The zero-order chi connectivity index (χ0) is 33.5. The van der Waals surface area contributed by atoms with Gasteiger partial charge < -0.3 is 20.5 Å². The molecule has 0 radical (unpaired) electrons. The van der Waals surface area contributed by atoms with Crippen LogP contribution in [0.5, 0.6) is 0 Å². The van der Waals surface area contributed by atoms with E-state index in [1.165, 1.54) is 18.7 Å². The first-order valence-corrected chi connectivity index (χ1v) is 14.5. The second kappa shape index (κ2) is 12.5. The molecule has 14 heteroatoms. The highest BCUT2D eigenvalue weighted by atomic mass is 19.4. The molecule has 0 spiro atoms. The number of halogens is 6. The van der Waals surface area contributed by atoms with Crippen LogP contribution in [0.1, 0.15) is 89.8 Å². The first kappa shape index (κ1) is 35.6. The Hall–Kier alpha value is -2.87. The van der Waals surface area contributed by atoms with Crippen LogP contribution < -0.4 is 10.6 Å². The Bertz CT molecular complexity index is 1210. The largest absolute Gasteiger partial charge is 0.443 e. The number of nitrogens with zero attached hydrogens (tertiary/aromatic N) is 1. The number of piperidine rings is 1. The average Bonchev–Trinajstić information content (AvgIpc) is 3.60. The van der Waals surface area contributed by atoms with Gasteiger partial charge >= 0.3 is 18.4 Å². The number of hydrogen-bond donors (Lipinski definition) is 3. The van der Waals surface area contributed by atoms with Crippen molar-refractivity contribution in [2.45, 2.75) is 115 Å². The van der Waals surface area contributed by atoms with Crippen LogP contribution in [0.15, 0.2) is 18.2 Å². The smallest absolute Gasteiger partial charge is 0.417 e. The third-order valence-corrected chi connectivity index (χ3v) is 8.58. The quantitative estimate of drug-likeness (QED) is 0.353. The fraction of sp³-hybridized carbons (Fsp3) is 0.700. The summed E-state index contributed by atoms with van der Waals surface area (Å²) in [6.07, 6.45) is -6.44. The van der Waals surface area contributed by atoms with E-state index in [2.05, 4.69) is 10.6 Å². The molecule has 3 amide bonds. The standard InChI is InChI=1S/C19H24F6N2O2.C11H17NO3/c1-16(2,29)17(5-4-14(9-17)26-3)15(28)27-10-11-6-12(18(20,21)22)8-13(7-11)19(23,24)25;1-11(2,3)15-10(14)12-8-5-4-7(6-8)9(12)13/h6-8,14,26,29H,4-5,9-10H2,1-3H3,(H,27,28);7-8H,4-6H2,1-3H3/t14-,17-;/m1./s1. The number of alkyl halides is 6. The normalized spacial score (nSPS) is 25.5. The molecular weight excluding hydrogens is 596 g/mol. The zero-order valence-electron chi connectivity index (χ0n) is 25.7. The number of ether oxygens (including phenoxy) is 1. The molecule has 2 aliphatic carbocycles. The van der Waals surface area contributed by atoms with E-state index in [0.717, 1.165) is 19.3 Å². The summed E-state index contributed by atoms with van der Waals surface area (Å²) in [5, 5.41) is 16.0. The first-order valence-electron chi connectivity index (χ1n) is 14.5. The summed E-state index contributed by atoms with van der Waals surface area (Å²) >= 11 is 0. The summed E-state index contributed by atoms with van der Waals surface area (Å²) in [6, 6.07) is 1.27. The minimum Gasteiger partial charge on any atom is -0.443 e. The van der Waals surface area contributed by atoms with Crippen molar-refractivity contribution in [2.24, 2.45) is 11.3 Å². The Morgan fingerprint density at radius 1 is 0.977 bits per heavy atom. The number of carbonyl (C=O) groups is 3. The van der Waals surface area contributed by atoms with Crippen LogP contribution in [0.4, 0.5) is 31.1 Å². The Morgan fingerprint density at radius 2 is 1.55 bits per heavy atom. The Labute approximate surface area is 252 Å². The molecule has 3 aliphatic rings. The average molecular weight is 638 g/mol. The number of likely N-dealkylation sites (tertiary alicyclic amines) is 1. The van der Waals surface area contributed by atoms with E-state index in [4.69, 9.17) is 4.74 Å². The number of amides is 3. The second-order valence-electron chi connectivity index (χ2n) is 13.3. The van der Waals surface area contributed by atoms with Gasteiger partial charge in [0.05, 0.1) is 22.1 Å². The SMILES string of the molecule is CC(C)(C)OC(=O)N1C(=O)C2CCC1C2.CN[C@@H]1CC[C@@](C(=O)NCc2cc(C(F)(F)F)cc(C(F)(F)F)c2)(C(C)(C)O)C1. The number of benzene rings is 1. The molecule has 1 aliphatic heterocycles. The maximum atomic E-state index is 13.0. The van der Waals surface area contributed by atoms with Gasteiger partial charge in [0, 0.05) is 24.5 Å². The number of aliphatic hydroxyl groups is 1. The van der Waals surface area contributed by atoms with Gasteiger partial charge in [-0.3, -0.25) is 9.59 Å². The lowest BCUT2D eigenvalue weighted by Crippen LogP contribution is -2.53. The number of nitrogens with one attached hydrogen (secondary N) is 2. The first-order chi connectivity index (χ1) is 20.0. The van der Waals surface area contributed by atoms with Crippen molar-refractivity contribution in [1.29, 1.82) is 0 Å². The number of carbonyl (C=O) groups excluding carboxylic acids is 3. The van der Waals surface area contributed by atoms with Gasteiger partial charge in [0.15, 0.2) is 0 Å². The van der Waals surface area contributed by atoms with E-state index in [-0.39, 0.29) is 35.5 Å². The van der Waals surface area contributed by atoms with Crippen molar-refractivity contribution in [3.05, 3.63) is 34.9 Å². The second-order valence-corrected chi connectivity index (χ2v) is 13.3. The molecule has 1 heterocycles. The fourth-order valence-corrected chi connectivity index (χ4v) is 6.15. The van der Waals surface area contributed by atoms with Gasteiger partial charge in [-0.2, -0.15) is 26.3 Å². The van der Waals surface area contributed by atoms with Crippen LogP contribution >= 0.6 is 0 Å². The van der Waals surface area contributed by atoms with Crippen LogP contribution in [0.25, 0.3) is 0 Å². The number of imide groups is 1. The molecule has 1 aromatic carbocycles. The molecular formula is C30H41F6N3O5. The van der Waals surface area contributed by atoms with Gasteiger partial charge in [0.25, 0.3) is 0 Å². The van der Waals surface area contributed by atoms with Gasteiger partial charge in [-0.25, -0.2) is 9.69 Å². The minimum atomic E-state index is -4.96. The molecule has 8 nitrogen and oxygen atoms in total. The number of hydrogen-bond acceptors (Lipinski definition) is 6. The number of fused-ring (bicyclic) bond motifs is 2. The lowest BCUT2D eigenvalue weighted by molar-refractivity contribution is -0.146. The molecule has 2 unspecified atom stereocenters. The lowest BCUT2D eigenvalue weighted by Gasteiger charge is -2.39. The minimum absolute atomic E-state index is 0.0300. The maximum absolute atomic E-state index is 13.0. The molecule has 1 aromatic rings. The van der Waals surface area contributed by atoms with Crippen molar-refractivity contribution >= 4 is 17.9 Å². The highest BCUT2D eigenvalue weighted by Gasteiger charge is 2.54. The summed E-state index contributed by atoms with van der Waals surface area (Å²) in [7, 11) is 1.71. The fourth-order valence-electron chi connectivity index (χ4n) is 6.15. The van der Waals surface area contributed by atoms with E-state index < -0.39 is 58.6 Å². The third kappa shape index (κ3) is 8.04. The van der Waals surface area contributed by atoms with Crippen LogP contribution in [-0.4, -0.2) is 58.2 Å². The van der Waals surface area contributed by atoms with Crippen LogP contribution in [0, 0.1) is 11.3 Å². The Kier molecular flexibility index (Phi) is 10.1. The summed E-state index contributed by atoms with van der Waals surface area (Å²) in [4.78, 5) is 37.7. The van der Waals surface area contributed by atoms with E-state index in [9.17, 15) is 45.8 Å². The van der Waals surface area contributed by atoms with E-state index in [1.54, 1.807) is 7.05 Å². The molecule has 4 rings (SSSR count). The predicted octanol–water partition coefficient (Wildman–Crippen LogP) is 5.80. The molecule has 2 saturated carbocycles. The van der Waals surface area contributed by atoms with E-state index >= 15 is 0 Å². The van der Waals surface area contributed by atoms with Crippen molar-refractivity contribution in [3.8, 4) is 0 Å². The summed E-state index contributed by atoms with van der Waals surface area (Å²) in [5.74, 6) is -0.572. The molecule has 248 valence electrons. The van der Waals surface area contributed by atoms with Gasteiger partial charge in [-0.05, 0) is 104 Å². The van der Waals surface area contributed by atoms with Gasteiger partial charge in [0.1, 0.15) is 5.60 Å². The van der Waals surface area contributed by atoms with Gasteiger partial charge in [-0.1, -0.05) is 0 Å². The van der Waals surface area contributed by atoms with Crippen molar-refractivity contribution in [1.82, 2.24) is 15.5 Å². The highest BCUT2D eigenvalue weighted by Crippen LogP contribution is 2.47. The highest BCUT2D eigenvalue weighted by molar-refractivity contribution is 5.96. The molecule has 3 N–H and O–H groups in total. The van der Waals surface area contributed by atoms with E-state index in [1.807, 2.05) is 20.8 Å². The summed E-state index contributed by atoms with van der Waals surface area (Å²) in [5.41, 5.74) is -6.36. The van der Waals surface area contributed by atoms with Crippen molar-refractivity contribution < 1.29 is 50.6 Å².